The molecule has 10 nitrogen and oxygen atoms in total. The molecule has 1 saturated carbocycles. The first kappa shape index (κ1) is 25.8. The second-order valence-corrected chi connectivity index (χ2v) is 9.57. The number of nitrogens with zero attached hydrogens (tertiary/aromatic N) is 3. The molecular formula is C26H37N5O5. The molecule has 0 bridgehead atoms. The predicted molar refractivity (Wildman–Crippen MR) is 139 cm³/mol. The molecule has 1 aliphatic heterocycles. The Labute approximate surface area is 211 Å². The number of amides is 1. The fraction of sp³-hybridized carbons (Fsp3) is 0.577. The third-order valence-electron chi connectivity index (χ3n) is 6.97. The summed E-state index contributed by atoms with van der Waals surface area (Å²) in [5, 5.41) is 0. The van der Waals surface area contributed by atoms with Crippen molar-refractivity contribution in [2.24, 2.45) is 0 Å². The van der Waals surface area contributed by atoms with Gasteiger partial charge >= 0.3 is 5.69 Å². The van der Waals surface area contributed by atoms with Crippen LogP contribution in [0.1, 0.15) is 64.4 Å². The fourth-order valence-corrected chi connectivity index (χ4v) is 5.08. The molecule has 2 aliphatic rings. The number of ether oxygens (including phenoxy) is 2. The van der Waals surface area contributed by atoms with Crippen molar-refractivity contribution in [1.82, 2.24) is 14.5 Å². The first-order valence-electron chi connectivity index (χ1n) is 13.0. The van der Waals surface area contributed by atoms with Crippen molar-refractivity contribution in [2.75, 3.05) is 30.5 Å². The topological polar surface area (TPSA) is 123 Å². The van der Waals surface area contributed by atoms with E-state index >= 15 is 0 Å². The SMILES string of the molecule is CCCCN(C(=O)CN(Cc1ccc2c(c1)OCO2)C1CCCC1)c1c(N)n(CCC)c(=O)[nH]c1=O. The summed E-state index contributed by atoms with van der Waals surface area (Å²) in [6.07, 6.45) is 6.54. The lowest BCUT2D eigenvalue weighted by Gasteiger charge is -2.31. The Balaban J connectivity index is 1.63. The average Bonchev–Trinajstić information content (AvgIpc) is 3.55. The second-order valence-electron chi connectivity index (χ2n) is 9.57. The molecule has 10 heteroatoms. The first-order chi connectivity index (χ1) is 17.4. The lowest BCUT2D eigenvalue weighted by atomic mass is 10.1. The molecule has 1 aliphatic carbocycles. The third kappa shape index (κ3) is 5.59. The number of aromatic nitrogens is 2. The zero-order valence-corrected chi connectivity index (χ0v) is 21.3. The number of anilines is 2. The lowest BCUT2D eigenvalue weighted by molar-refractivity contribution is -0.120. The molecule has 0 spiro atoms. The maximum atomic E-state index is 13.8. The van der Waals surface area contributed by atoms with E-state index in [0.29, 0.717) is 38.2 Å². The van der Waals surface area contributed by atoms with Gasteiger partial charge in [0, 0.05) is 25.7 Å². The minimum Gasteiger partial charge on any atom is -0.454 e. The number of nitrogens with one attached hydrogen (secondary N) is 1. The van der Waals surface area contributed by atoms with Crippen molar-refractivity contribution < 1.29 is 14.3 Å². The number of nitrogens with two attached hydrogens (primary N) is 1. The average molecular weight is 500 g/mol. The maximum absolute atomic E-state index is 13.8. The summed E-state index contributed by atoms with van der Waals surface area (Å²) in [6.45, 7) is 5.61. The second kappa shape index (κ2) is 11.6. The van der Waals surface area contributed by atoms with Crippen molar-refractivity contribution in [3.05, 3.63) is 44.6 Å². The van der Waals surface area contributed by atoms with Crippen molar-refractivity contribution in [1.29, 1.82) is 0 Å². The van der Waals surface area contributed by atoms with Crippen LogP contribution in [-0.2, 0) is 17.9 Å². The molecule has 2 aromatic rings. The number of nitrogen functional groups attached to an aromatic ring is 1. The van der Waals surface area contributed by atoms with Gasteiger partial charge in [-0.3, -0.25) is 24.0 Å². The van der Waals surface area contributed by atoms with Gasteiger partial charge in [0.2, 0.25) is 12.7 Å². The Morgan fingerprint density at radius 1 is 1.14 bits per heavy atom. The minimum atomic E-state index is -0.627. The number of rotatable bonds is 11. The molecule has 0 atom stereocenters. The Hall–Kier alpha value is -3.27. The molecule has 0 unspecified atom stereocenters. The van der Waals surface area contributed by atoms with Crippen LogP contribution in [0.2, 0.25) is 0 Å². The van der Waals surface area contributed by atoms with Gasteiger partial charge in [-0.15, -0.1) is 0 Å². The van der Waals surface area contributed by atoms with Crippen LogP contribution in [0.5, 0.6) is 11.5 Å². The molecular weight excluding hydrogens is 462 g/mol. The number of H-pyrrole nitrogens is 1. The highest BCUT2D eigenvalue weighted by Gasteiger charge is 2.29. The molecule has 3 N–H and O–H groups in total. The molecule has 196 valence electrons. The maximum Gasteiger partial charge on any atom is 0.330 e. The zero-order valence-electron chi connectivity index (χ0n) is 21.3. The number of carbonyl (C=O) groups is 1. The van der Waals surface area contributed by atoms with Crippen LogP contribution in [0.4, 0.5) is 11.5 Å². The number of carbonyl (C=O) groups excluding carboxylic acids is 1. The fourth-order valence-electron chi connectivity index (χ4n) is 5.08. The van der Waals surface area contributed by atoms with Crippen molar-refractivity contribution in [3.63, 3.8) is 0 Å². The smallest absolute Gasteiger partial charge is 0.330 e. The van der Waals surface area contributed by atoms with Gasteiger partial charge in [-0.2, -0.15) is 0 Å². The monoisotopic (exact) mass is 499 g/mol. The van der Waals surface area contributed by atoms with Crippen LogP contribution in [0, 0.1) is 0 Å². The van der Waals surface area contributed by atoms with E-state index < -0.39 is 11.2 Å². The Morgan fingerprint density at radius 2 is 1.89 bits per heavy atom. The Kier molecular flexibility index (Phi) is 8.35. The van der Waals surface area contributed by atoms with Crippen LogP contribution in [0.25, 0.3) is 0 Å². The van der Waals surface area contributed by atoms with Crippen molar-refractivity contribution in [2.45, 2.75) is 77.9 Å². The van der Waals surface area contributed by atoms with Crippen LogP contribution >= 0.6 is 0 Å². The number of hydrogen-bond donors (Lipinski definition) is 2. The number of hydrogen-bond acceptors (Lipinski definition) is 7. The Morgan fingerprint density at radius 3 is 2.61 bits per heavy atom. The molecule has 1 aromatic heterocycles. The minimum absolute atomic E-state index is 0.0400. The number of aromatic amines is 1. The summed E-state index contributed by atoms with van der Waals surface area (Å²) < 4.78 is 12.3. The van der Waals surface area contributed by atoms with E-state index in [2.05, 4.69) is 9.88 Å². The van der Waals surface area contributed by atoms with Gasteiger partial charge in [0.1, 0.15) is 5.82 Å². The lowest BCUT2D eigenvalue weighted by Crippen LogP contribution is -2.47. The van der Waals surface area contributed by atoms with E-state index in [0.717, 1.165) is 43.4 Å². The van der Waals surface area contributed by atoms with Gasteiger partial charge in [-0.1, -0.05) is 39.2 Å². The van der Waals surface area contributed by atoms with Gasteiger partial charge in [0.15, 0.2) is 17.2 Å². The van der Waals surface area contributed by atoms with Crippen LogP contribution in [0.15, 0.2) is 27.8 Å². The molecule has 1 amide bonds. The molecule has 1 aromatic carbocycles. The van der Waals surface area contributed by atoms with Crippen molar-refractivity contribution in [3.8, 4) is 11.5 Å². The molecule has 2 heterocycles. The highest BCUT2D eigenvalue weighted by atomic mass is 16.7. The van der Waals surface area contributed by atoms with Gasteiger partial charge in [0.05, 0.1) is 6.54 Å². The van der Waals surface area contributed by atoms with E-state index in [4.69, 9.17) is 15.2 Å². The van der Waals surface area contributed by atoms with Gasteiger partial charge in [0.25, 0.3) is 5.56 Å². The van der Waals surface area contributed by atoms with Gasteiger partial charge in [-0.05, 0) is 43.4 Å². The summed E-state index contributed by atoms with van der Waals surface area (Å²) >= 11 is 0. The van der Waals surface area contributed by atoms with E-state index in [1.807, 2.05) is 32.0 Å². The molecule has 0 saturated heterocycles. The molecule has 4 rings (SSSR count). The summed E-state index contributed by atoms with van der Waals surface area (Å²) in [5.74, 6) is 1.28. The molecule has 36 heavy (non-hydrogen) atoms. The number of fused-ring (bicyclic) bond motifs is 1. The quantitative estimate of drug-likeness (QED) is 0.487. The summed E-state index contributed by atoms with van der Waals surface area (Å²) in [5.41, 5.74) is 6.24. The highest BCUT2D eigenvalue weighted by molar-refractivity contribution is 5.96. The highest BCUT2D eigenvalue weighted by Crippen LogP contribution is 2.34. The zero-order chi connectivity index (χ0) is 25.7. The summed E-state index contributed by atoms with van der Waals surface area (Å²) in [6, 6.07) is 6.14. The third-order valence-corrected chi connectivity index (χ3v) is 6.97. The van der Waals surface area contributed by atoms with E-state index in [1.54, 1.807) is 0 Å². The van der Waals surface area contributed by atoms with E-state index in [1.165, 1.54) is 9.47 Å². The predicted octanol–water partition coefficient (Wildman–Crippen LogP) is 2.84. The van der Waals surface area contributed by atoms with E-state index in [-0.39, 0.29) is 36.8 Å². The van der Waals surface area contributed by atoms with Crippen LogP contribution in [-0.4, -0.2) is 46.3 Å². The molecule has 1 fully saturated rings. The van der Waals surface area contributed by atoms with Crippen molar-refractivity contribution >= 4 is 17.4 Å². The first-order valence-corrected chi connectivity index (χ1v) is 13.0. The molecule has 0 radical (unpaired) electrons. The van der Waals surface area contributed by atoms with Crippen LogP contribution < -0.4 is 31.4 Å². The van der Waals surface area contributed by atoms with Gasteiger partial charge < -0.3 is 20.1 Å². The number of unbranched alkanes of at least 4 members (excludes halogenated alkanes) is 1. The standard InChI is InChI=1S/C26H37N5O5/c1-3-5-13-30(23-24(27)31(12-4-2)26(34)28-25(23)33)22(32)16-29(19-8-6-7-9-19)15-18-10-11-20-21(14-18)36-17-35-20/h10-11,14,19H,3-9,12-13,15-17,27H2,1-2H3,(H,28,33,34). The van der Waals surface area contributed by atoms with Gasteiger partial charge in [-0.25, -0.2) is 4.79 Å². The largest absolute Gasteiger partial charge is 0.454 e. The normalized spacial score (nSPS) is 15.1. The Bertz CT molecular complexity index is 1180. The number of benzene rings is 1. The summed E-state index contributed by atoms with van der Waals surface area (Å²) in [4.78, 5) is 45.0. The van der Waals surface area contributed by atoms with E-state index in [9.17, 15) is 14.4 Å². The van der Waals surface area contributed by atoms with Crippen LogP contribution in [0.3, 0.4) is 0 Å². The summed E-state index contributed by atoms with van der Waals surface area (Å²) in [7, 11) is 0.